The summed E-state index contributed by atoms with van der Waals surface area (Å²) in [6, 6.07) is 7.59. The van der Waals surface area contributed by atoms with Gasteiger partial charge in [0.2, 0.25) is 5.89 Å². The van der Waals surface area contributed by atoms with Crippen LogP contribution in [0.2, 0.25) is 0 Å². The van der Waals surface area contributed by atoms with Gasteiger partial charge in [-0.05, 0) is 25.0 Å². The number of nitrogens with zero attached hydrogens (tertiary/aromatic N) is 4. The fourth-order valence-corrected chi connectivity index (χ4v) is 2.82. The van der Waals surface area contributed by atoms with Gasteiger partial charge in [-0.25, -0.2) is 0 Å². The van der Waals surface area contributed by atoms with Crippen LogP contribution in [-0.2, 0) is 12.2 Å². The van der Waals surface area contributed by atoms with Gasteiger partial charge in [0.05, 0.1) is 17.9 Å². The second kappa shape index (κ2) is 8.15. The number of aromatic nitrogens is 4. The summed E-state index contributed by atoms with van der Waals surface area (Å²) in [6.45, 7) is 6.73. The summed E-state index contributed by atoms with van der Waals surface area (Å²) >= 11 is 1.37. The number of para-hydroxylation sites is 1. The quantitative estimate of drug-likeness (QED) is 0.557. The zero-order valence-corrected chi connectivity index (χ0v) is 15.2. The van der Waals surface area contributed by atoms with Crippen LogP contribution in [0.25, 0.3) is 11.5 Å². The lowest BCUT2D eigenvalue weighted by Crippen LogP contribution is -1.94. The average molecular weight is 360 g/mol. The maximum Gasteiger partial charge on any atom is 0.277 e. The Balaban J connectivity index is 1.65. The molecule has 1 aromatic carbocycles. The Bertz CT molecular complexity index is 816. The van der Waals surface area contributed by atoms with Gasteiger partial charge in [-0.3, -0.25) is 0 Å². The van der Waals surface area contributed by atoms with Crippen molar-refractivity contribution >= 4 is 11.8 Å². The van der Waals surface area contributed by atoms with Crippen LogP contribution < -0.4 is 4.74 Å². The molecule has 0 spiro atoms. The van der Waals surface area contributed by atoms with Gasteiger partial charge in [-0.15, -0.1) is 10.2 Å². The fourth-order valence-electron chi connectivity index (χ4n) is 2.21. The molecule has 0 aliphatic rings. The third kappa shape index (κ3) is 4.60. The summed E-state index contributed by atoms with van der Waals surface area (Å²) in [7, 11) is 0. The Morgan fingerprint density at radius 1 is 1.20 bits per heavy atom. The van der Waals surface area contributed by atoms with Crippen molar-refractivity contribution in [3.8, 4) is 17.2 Å². The van der Waals surface area contributed by atoms with Crippen LogP contribution in [0.5, 0.6) is 5.75 Å². The van der Waals surface area contributed by atoms with E-state index >= 15 is 0 Å². The van der Waals surface area contributed by atoms with E-state index in [4.69, 9.17) is 13.7 Å². The highest BCUT2D eigenvalue weighted by Crippen LogP contribution is 2.31. The van der Waals surface area contributed by atoms with Gasteiger partial charge in [-0.1, -0.05) is 42.9 Å². The molecule has 0 atom stereocenters. The maximum absolute atomic E-state index is 5.72. The van der Waals surface area contributed by atoms with E-state index < -0.39 is 0 Å². The highest BCUT2D eigenvalue weighted by atomic mass is 32.2. The van der Waals surface area contributed by atoms with Crippen molar-refractivity contribution in [1.29, 1.82) is 0 Å². The SMILES string of the molecule is CCOc1ccccc1-c1nnc(SCc2noc(CC(C)C)n2)o1. The molecule has 8 heteroatoms. The molecule has 0 bridgehead atoms. The molecule has 0 saturated carbocycles. The van der Waals surface area contributed by atoms with E-state index in [-0.39, 0.29) is 0 Å². The summed E-state index contributed by atoms with van der Waals surface area (Å²) in [5, 5.41) is 12.6. The maximum atomic E-state index is 5.72. The van der Waals surface area contributed by atoms with Gasteiger partial charge in [0.15, 0.2) is 5.82 Å². The third-order valence-corrected chi connectivity index (χ3v) is 4.06. The van der Waals surface area contributed by atoms with Crippen LogP contribution in [0, 0.1) is 5.92 Å². The lowest BCUT2D eigenvalue weighted by Gasteiger charge is -2.05. The predicted molar refractivity (Wildman–Crippen MR) is 93.3 cm³/mol. The molecule has 0 amide bonds. The molecule has 0 radical (unpaired) electrons. The van der Waals surface area contributed by atoms with Crippen molar-refractivity contribution in [2.75, 3.05) is 6.61 Å². The van der Waals surface area contributed by atoms with Crippen LogP contribution in [0.15, 0.2) is 38.4 Å². The topological polar surface area (TPSA) is 87.1 Å². The normalized spacial score (nSPS) is 11.2. The number of benzene rings is 1. The molecule has 2 heterocycles. The molecule has 25 heavy (non-hydrogen) atoms. The number of hydrogen-bond donors (Lipinski definition) is 0. The van der Waals surface area contributed by atoms with E-state index in [9.17, 15) is 0 Å². The molecule has 0 aliphatic heterocycles. The first-order chi connectivity index (χ1) is 12.2. The molecule has 3 rings (SSSR count). The molecular formula is C17H20N4O3S. The van der Waals surface area contributed by atoms with Crippen LogP contribution >= 0.6 is 11.8 Å². The van der Waals surface area contributed by atoms with Crippen molar-refractivity contribution in [2.24, 2.45) is 5.92 Å². The summed E-state index contributed by atoms with van der Waals surface area (Å²) in [4.78, 5) is 4.36. The molecular weight excluding hydrogens is 340 g/mol. The van der Waals surface area contributed by atoms with E-state index in [1.807, 2.05) is 31.2 Å². The third-order valence-electron chi connectivity index (χ3n) is 3.24. The minimum absolute atomic E-state index is 0.431. The van der Waals surface area contributed by atoms with Crippen LogP contribution in [0.4, 0.5) is 0 Å². The summed E-state index contributed by atoms with van der Waals surface area (Å²) in [5.74, 6) is 3.42. The molecule has 2 aromatic heterocycles. The van der Waals surface area contributed by atoms with E-state index in [2.05, 4.69) is 34.2 Å². The second-order valence-corrected chi connectivity index (χ2v) is 6.72. The minimum Gasteiger partial charge on any atom is -0.493 e. The molecule has 7 nitrogen and oxygen atoms in total. The monoisotopic (exact) mass is 360 g/mol. The molecule has 3 aromatic rings. The highest BCUT2D eigenvalue weighted by Gasteiger charge is 2.15. The van der Waals surface area contributed by atoms with Gasteiger partial charge in [0.1, 0.15) is 5.75 Å². The van der Waals surface area contributed by atoms with Crippen LogP contribution in [0.3, 0.4) is 0 Å². The number of ether oxygens (including phenoxy) is 1. The number of rotatable bonds is 8. The van der Waals surface area contributed by atoms with Crippen LogP contribution in [-0.4, -0.2) is 26.9 Å². The van der Waals surface area contributed by atoms with Crippen LogP contribution in [0.1, 0.15) is 32.5 Å². The Labute approximate surface area is 150 Å². The predicted octanol–water partition coefficient (Wildman–Crippen LogP) is 4.01. The van der Waals surface area contributed by atoms with Crippen molar-refractivity contribution in [2.45, 2.75) is 38.2 Å². The smallest absolute Gasteiger partial charge is 0.277 e. The Morgan fingerprint density at radius 3 is 2.84 bits per heavy atom. The lowest BCUT2D eigenvalue weighted by atomic mass is 10.1. The first-order valence-corrected chi connectivity index (χ1v) is 9.14. The first-order valence-electron chi connectivity index (χ1n) is 8.15. The fraction of sp³-hybridized carbons (Fsp3) is 0.412. The Hall–Kier alpha value is -2.35. The van der Waals surface area contributed by atoms with Crippen molar-refractivity contribution in [1.82, 2.24) is 20.3 Å². The van der Waals surface area contributed by atoms with Crippen molar-refractivity contribution in [3.05, 3.63) is 36.0 Å². The second-order valence-electron chi connectivity index (χ2n) is 5.79. The van der Waals surface area contributed by atoms with E-state index in [0.717, 1.165) is 17.7 Å². The molecule has 0 fully saturated rings. The molecule has 0 unspecified atom stereocenters. The number of thioether (sulfide) groups is 1. The zero-order valence-electron chi connectivity index (χ0n) is 14.4. The Kier molecular flexibility index (Phi) is 5.70. The molecule has 0 N–H and O–H groups in total. The average Bonchev–Trinajstić information content (AvgIpc) is 3.22. The number of hydrogen-bond acceptors (Lipinski definition) is 8. The van der Waals surface area contributed by atoms with E-state index in [1.54, 1.807) is 0 Å². The van der Waals surface area contributed by atoms with Gasteiger partial charge in [0.25, 0.3) is 11.1 Å². The van der Waals surface area contributed by atoms with Crippen molar-refractivity contribution in [3.63, 3.8) is 0 Å². The van der Waals surface area contributed by atoms with E-state index in [0.29, 0.717) is 41.1 Å². The molecule has 0 saturated heterocycles. The van der Waals surface area contributed by atoms with Gasteiger partial charge >= 0.3 is 0 Å². The molecule has 132 valence electrons. The minimum atomic E-state index is 0.431. The van der Waals surface area contributed by atoms with Gasteiger partial charge in [-0.2, -0.15) is 4.98 Å². The first kappa shape index (κ1) is 17.5. The lowest BCUT2D eigenvalue weighted by molar-refractivity contribution is 0.340. The van der Waals surface area contributed by atoms with Gasteiger partial charge in [0, 0.05) is 6.42 Å². The Morgan fingerprint density at radius 2 is 2.04 bits per heavy atom. The molecule has 0 aliphatic carbocycles. The zero-order chi connectivity index (χ0) is 17.6. The van der Waals surface area contributed by atoms with Gasteiger partial charge < -0.3 is 13.7 Å². The summed E-state index contributed by atoms with van der Waals surface area (Å²) < 4.78 is 16.5. The standard InChI is InChI=1S/C17H20N4O3S/c1-4-22-13-8-6-5-7-12(13)16-19-20-17(23-16)25-10-14-18-15(24-21-14)9-11(2)3/h5-8,11H,4,9-10H2,1-3H3. The van der Waals surface area contributed by atoms with Crippen molar-refractivity contribution < 1.29 is 13.7 Å². The largest absolute Gasteiger partial charge is 0.493 e. The summed E-state index contributed by atoms with van der Waals surface area (Å²) in [6.07, 6.45) is 0.774. The summed E-state index contributed by atoms with van der Waals surface area (Å²) in [5.41, 5.74) is 0.780. The van der Waals surface area contributed by atoms with E-state index in [1.165, 1.54) is 11.8 Å². The highest BCUT2D eigenvalue weighted by molar-refractivity contribution is 7.98.